The van der Waals surface area contributed by atoms with Crippen molar-refractivity contribution in [3.05, 3.63) is 0 Å². The predicted molar refractivity (Wildman–Crippen MR) is 69.6 cm³/mol. The van der Waals surface area contributed by atoms with Gasteiger partial charge in [-0.25, -0.2) is 4.79 Å². The van der Waals surface area contributed by atoms with Gasteiger partial charge in [-0.15, -0.1) is 0 Å². The van der Waals surface area contributed by atoms with E-state index in [1.165, 1.54) is 7.11 Å². The molecular formula is C14H23NO4. The summed E-state index contributed by atoms with van der Waals surface area (Å²) in [7, 11) is 1.42. The Hall–Kier alpha value is -1.26. The van der Waals surface area contributed by atoms with E-state index in [9.17, 15) is 9.59 Å². The van der Waals surface area contributed by atoms with E-state index in [0.717, 1.165) is 12.8 Å². The Morgan fingerprint density at radius 3 is 2.37 bits per heavy atom. The van der Waals surface area contributed by atoms with E-state index in [0.29, 0.717) is 19.4 Å². The first-order chi connectivity index (χ1) is 8.77. The van der Waals surface area contributed by atoms with E-state index in [-0.39, 0.29) is 23.5 Å². The van der Waals surface area contributed by atoms with Crippen molar-refractivity contribution >= 4 is 12.1 Å². The van der Waals surface area contributed by atoms with Crippen LogP contribution in [0.4, 0.5) is 4.79 Å². The van der Waals surface area contributed by atoms with Gasteiger partial charge in [0.1, 0.15) is 5.60 Å². The minimum Gasteiger partial charge on any atom is -0.469 e. The van der Waals surface area contributed by atoms with E-state index in [1.807, 2.05) is 25.7 Å². The van der Waals surface area contributed by atoms with E-state index >= 15 is 0 Å². The fourth-order valence-corrected chi connectivity index (χ4v) is 2.78. The summed E-state index contributed by atoms with van der Waals surface area (Å²) >= 11 is 0. The zero-order chi connectivity index (χ0) is 14.3. The number of amides is 1. The van der Waals surface area contributed by atoms with Crippen LogP contribution in [-0.2, 0) is 14.3 Å². The number of likely N-dealkylation sites (tertiary alicyclic amines) is 1. The number of ether oxygens (including phenoxy) is 2. The van der Waals surface area contributed by atoms with E-state index in [4.69, 9.17) is 9.47 Å². The molecule has 1 aliphatic heterocycles. The topological polar surface area (TPSA) is 55.8 Å². The molecule has 0 bridgehead atoms. The fraction of sp³-hybridized carbons (Fsp3) is 0.857. The summed E-state index contributed by atoms with van der Waals surface area (Å²) < 4.78 is 10.3. The summed E-state index contributed by atoms with van der Waals surface area (Å²) in [5.74, 6) is -0.235. The average Bonchev–Trinajstić information content (AvgIpc) is 3.05. The van der Waals surface area contributed by atoms with Gasteiger partial charge in [-0.1, -0.05) is 0 Å². The first kappa shape index (κ1) is 14.2. The number of carbonyl (C=O) groups excluding carboxylic acids is 2. The van der Waals surface area contributed by atoms with Gasteiger partial charge in [0.25, 0.3) is 0 Å². The summed E-state index contributed by atoms with van der Waals surface area (Å²) in [4.78, 5) is 25.7. The minimum absolute atomic E-state index is 0.0776. The molecule has 0 aromatic heterocycles. The smallest absolute Gasteiger partial charge is 0.410 e. The number of methoxy groups -OCH3 is 1. The Morgan fingerprint density at radius 2 is 1.89 bits per heavy atom. The standard InChI is InChI=1S/C14H23NO4/c1-13(2,3)19-12(17)15-8-5-10(11(16)18-4)9-14(15)6-7-14/h10H,5-9H2,1-4H3. The Kier molecular flexibility index (Phi) is 3.49. The maximum absolute atomic E-state index is 12.2. The highest BCUT2D eigenvalue weighted by molar-refractivity contribution is 5.74. The molecular weight excluding hydrogens is 246 g/mol. The van der Waals surface area contributed by atoms with Crippen LogP contribution < -0.4 is 0 Å². The van der Waals surface area contributed by atoms with Gasteiger partial charge >= 0.3 is 12.1 Å². The molecule has 1 atom stereocenters. The van der Waals surface area contributed by atoms with Crippen LogP contribution in [0.25, 0.3) is 0 Å². The molecule has 1 unspecified atom stereocenters. The Labute approximate surface area is 114 Å². The lowest BCUT2D eigenvalue weighted by atomic mass is 9.89. The van der Waals surface area contributed by atoms with Crippen LogP contribution in [0.5, 0.6) is 0 Å². The Bertz CT molecular complexity index is 381. The van der Waals surface area contributed by atoms with Crippen molar-refractivity contribution in [3.63, 3.8) is 0 Å². The van der Waals surface area contributed by atoms with E-state index < -0.39 is 5.60 Å². The largest absolute Gasteiger partial charge is 0.469 e. The highest BCUT2D eigenvalue weighted by atomic mass is 16.6. The number of rotatable bonds is 1. The zero-order valence-corrected chi connectivity index (χ0v) is 12.2. The third-order valence-electron chi connectivity index (χ3n) is 3.88. The molecule has 1 aliphatic carbocycles. The average molecular weight is 269 g/mol. The van der Waals surface area contributed by atoms with Crippen molar-refractivity contribution in [2.24, 2.45) is 5.92 Å². The number of carbonyl (C=O) groups is 2. The van der Waals surface area contributed by atoms with Crippen molar-refractivity contribution in [3.8, 4) is 0 Å². The summed E-state index contributed by atoms with van der Waals surface area (Å²) in [6.45, 7) is 6.18. The van der Waals surface area contributed by atoms with Crippen LogP contribution in [0.1, 0.15) is 46.5 Å². The van der Waals surface area contributed by atoms with Gasteiger partial charge in [0.2, 0.25) is 0 Å². The van der Waals surface area contributed by atoms with Crippen LogP contribution in [-0.4, -0.2) is 41.8 Å². The van der Waals surface area contributed by atoms with Crippen molar-refractivity contribution in [2.75, 3.05) is 13.7 Å². The molecule has 0 aromatic rings. The molecule has 1 amide bonds. The molecule has 19 heavy (non-hydrogen) atoms. The van der Waals surface area contributed by atoms with Gasteiger partial charge in [0.15, 0.2) is 0 Å². The molecule has 2 aliphatic rings. The van der Waals surface area contributed by atoms with Crippen LogP contribution in [0.2, 0.25) is 0 Å². The molecule has 5 nitrogen and oxygen atoms in total. The third kappa shape index (κ3) is 3.01. The maximum Gasteiger partial charge on any atom is 0.410 e. The van der Waals surface area contributed by atoms with Gasteiger partial charge in [-0.3, -0.25) is 4.79 Å². The van der Waals surface area contributed by atoms with Gasteiger partial charge in [0, 0.05) is 12.1 Å². The van der Waals surface area contributed by atoms with Crippen LogP contribution >= 0.6 is 0 Å². The summed E-state index contributed by atoms with van der Waals surface area (Å²) in [6, 6.07) is 0. The van der Waals surface area contributed by atoms with E-state index in [2.05, 4.69) is 0 Å². The van der Waals surface area contributed by atoms with Crippen LogP contribution in [0, 0.1) is 5.92 Å². The quantitative estimate of drug-likeness (QED) is 0.686. The lowest BCUT2D eigenvalue weighted by Gasteiger charge is -2.39. The second kappa shape index (κ2) is 4.69. The zero-order valence-electron chi connectivity index (χ0n) is 12.2. The number of hydrogen-bond acceptors (Lipinski definition) is 4. The molecule has 108 valence electrons. The summed E-state index contributed by atoms with van der Waals surface area (Å²) in [5, 5.41) is 0. The Balaban J connectivity index is 2.02. The first-order valence-corrected chi connectivity index (χ1v) is 6.86. The van der Waals surface area contributed by atoms with Crippen molar-refractivity contribution < 1.29 is 19.1 Å². The first-order valence-electron chi connectivity index (χ1n) is 6.86. The minimum atomic E-state index is -0.480. The van der Waals surface area contributed by atoms with Crippen LogP contribution in [0.3, 0.4) is 0 Å². The van der Waals surface area contributed by atoms with Crippen LogP contribution in [0.15, 0.2) is 0 Å². The Morgan fingerprint density at radius 1 is 1.26 bits per heavy atom. The summed E-state index contributed by atoms with van der Waals surface area (Å²) in [6.07, 6.45) is 3.03. The molecule has 0 N–H and O–H groups in total. The number of piperidine rings is 1. The highest BCUT2D eigenvalue weighted by Crippen LogP contribution is 2.50. The van der Waals surface area contributed by atoms with Gasteiger partial charge in [-0.2, -0.15) is 0 Å². The number of esters is 1. The number of hydrogen-bond donors (Lipinski definition) is 0. The molecule has 1 spiro atoms. The molecule has 0 radical (unpaired) electrons. The molecule has 5 heteroatoms. The van der Waals surface area contributed by atoms with Crippen molar-refractivity contribution in [1.82, 2.24) is 4.90 Å². The monoisotopic (exact) mass is 269 g/mol. The molecule has 1 saturated carbocycles. The normalized spacial score (nSPS) is 25.1. The van der Waals surface area contributed by atoms with Crippen molar-refractivity contribution in [2.45, 2.75) is 57.6 Å². The second-order valence-electron chi connectivity index (χ2n) is 6.57. The summed E-state index contributed by atoms with van der Waals surface area (Å²) in [5.41, 5.74) is -0.633. The fourth-order valence-electron chi connectivity index (χ4n) is 2.78. The maximum atomic E-state index is 12.2. The third-order valence-corrected chi connectivity index (χ3v) is 3.88. The lowest BCUT2D eigenvalue weighted by molar-refractivity contribution is -0.148. The molecule has 2 rings (SSSR count). The molecule has 0 aromatic carbocycles. The van der Waals surface area contributed by atoms with Gasteiger partial charge in [0.05, 0.1) is 13.0 Å². The highest BCUT2D eigenvalue weighted by Gasteiger charge is 2.55. The molecule has 2 fully saturated rings. The molecule has 1 heterocycles. The lowest BCUT2D eigenvalue weighted by Crippen LogP contribution is -2.50. The molecule has 1 saturated heterocycles. The van der Waals surface area contributed by atoms with Gasteiger partial charge in [-0.05, 0) is 46.5 Å². The van der Waals surface area contributed by atoms with Crippen molar-refractivity contribution in [1.29, 1.82) is 0 Å². The second-order valence-corrected chi connectivity index (χ2v) is 6.57. The van der Waals surface area contributed by atoms with Gasteiger partial charge < -0.3 is 14.4 Å². The SMILES string of the molecule is COC(=O)C1CCN(C(=O)OC(C)(C)C)C2(CC2)C1. The number of nitrogens with zero attached hydrogens (tertiary/aromatic N) is 1. The van der Waals surface area contributed by atoms with E-state index in [1.54, 1.807) is 0 Å². The predicted octanol–water partition coefficient (Wildman–Crippen LogP) is 2.34.